The van der Waals surface area contributed by atoms with E-state index in [1.54, 1.807) is 11.8 Å². The molecule has 1 aromatic carbocycles. The number of likely N-dealkylation sites (tertiary alicyclic amines) is 1. The highest BCUT2D eigenvalue weighted by Crippen LogP contribution is 2.55. The Morgan fingerprint density at radius 1 is 1.41 bits per heavy atom. The number of benzene rings is 1. The lowest BCUT2D eigenvalue weighted by molar-refractivity contribution is 0.00271. The van der Waals surface area contributed by atoms with Crippen molar-refractivity contribution in [3.05, 3.63) is 29.3 Å². The SMILES string of the molecule is [2H]C([2H])(CC)Oc1ccc2c(c1)[C@]13CCCC[C@@H]1[C@H](C2)N(C([2H])([2H])[2H])CC3. The number of hydrogen-bond donors (Lipinski definition) is 0. The molecule has 3 aliphatic rings. The predicted octanol–water partition coefficient (Wildman–Crippen LogP) is 4.16. The van der Waals surface area contributed by atoms with E-state index in [0.29, 0.717) is 24.6 Å². The highest BCUT2D eigenvalue weighted by Gasteiger charge is 2.53. The van der Waals surface area contributed by atoms with Crippen molar-refractivity contribution in [2.24, 2.45) is 5.92 Å². The molecule has 0 amide bonds. The number of ether oxygens (including phenoxy) is 1. The van der Waals surface area contributed by atoms with Gasteiger partial charge in [-0.3, -0.25) is 0 Å². The Balaban J connectivity index is 1.76. The second-order valence-electron chi connectivity index (χ2n) is 7.14. The zero-order chi connectivity index (χ0) is 19.4. The third kappa shape index (κ3) is 2.11. The Kier molecular flexibility index (Phi) is 2.52. The highest BCUT2D eigenvalue weighted by molar-refractivity contribution is 5.45. The van der Waals surface area contributed by atoms with Crippen molar-refractivity contribution in [2.75, 3.05) is 20.1 Å². The van der Waals surface area contributed by atoms with Crippen molar-refractivity contribution in [1.29, 1.82) is 0 Å². The maximum Gasteiger partial charge on any atom is 0.119 e. The molecule has 2 nitrogen and oxygen atoms in total. The van der Waals surface area contributed by atoms with Crippen LogP contribution in [0.15, 0.2) is 18.2 Å². The van der Waals surface area contributed by atoms with Crippen molar-refractivity contribution in [2.45, 2.75) is 63.3 Å². The topological polar surface area (TPSA) is 12.5 Å². The molecule has 3 atom stereocenters. The first-order valence-electron chi connectivity index (χ1n) is 11.3. The van der Waals surface area contributed by atoms with E-state index < -0.39 is 13.5 Å². The third-order valence-corrected chi connectivity index (χ3v) is 6.14. The quantitative estimate of drug-likeness (QED) is 0.831. The summed E-state index contributed by atoms with van der Waals surface area (Å²) in [5.41, 5.74) is 2.53. The fourth-order valence-electron chi connectivity index (χ4n) is 5.20. The number of likely N-dealkylation sites (N-methyl/N-ethyl adjacent to an activating group) is 1. The van der Waals surface area contributed by atoms with Gasteiger partial charge in [-0.05, 0) is 74.8 Å². The molecule has 120 valence electrons. The first kappa shape index (κ1) is 9.97. The molecule has 4 rings (SSSR count). The van der Waals surface area contributed by atoms with Gasteiger partial charge in [0.15, 0.2) is 0 Å². The minimum atomic E-state index is -2.04. The Morgan fingerprint density at radius 3 is 3.23 bits per heavy atom. The average molecular weight is 304 g/mol. The van der Waals surface area contributed by atoms with Gasteiger partial charge in [-0.1, -0.05) is 25.8 Å². The number of hydrogen-bond acceptors (Lipinski definition) is 2. The lowest BCUT2D eigenvalue weighted by Crippen LogP contribution is -2.59. The van der Waals surface area contributed by atoms with E-state index in [1.807, 2.05) is 12.1 Å². The fraction of sp³-hybridized carbons (Fsp3) is 0.700. The number of nitrogens with zero attached hydrogens (tertiary/aromatic N) is 1. The summed E-state index contributed by atoms with van der Waals surface area (Å²) in [6.45, 7) is -1.31. The molecule has 1 aromatic rings. The normalized spacial score (nSPS) is 38.5. The Bertz CT molecular complexity index is 719. The Labute approximate surface area is 141 Å². The van der Waals surface area contributed by atoms with Crippen molar-refractivity contribution < 1.29 is 11.6 Å². The summed E-state index contributed by atoms with van der Waals surface area (Å²) in [5.74, 6) is 0.960. The number of piperidine rings is 1. The first-order chi connectivity index (χ1) is 12.7. The van der Waals surface area contributed by atoms with Crippen LogP contribution in [-0.4, -0.2) is 31.0 Å². The lowest BCUT2D eigenvalue weighted by atomic mass is 9.52. The van der Waals surface area contributed by atoms with Gasteiger partial charge < -0.3 is 9.64 Å². The van der Waals surface area contributed by atoms with Gasteiger partial charge in [-0.25, -0.2) is 0 Å². The first-order valence-corrected chi connectivity index (χ1v) is 8.75. The molecule has 0 spiro atoms. The summed E-state index contributed by atoms with van der Waals surface area (Å²) >= 11 is 0. The minimum Gasteiger partial charge on any atom is -0.494 e. The highest BCUT2D eigenvalue weighted by atomic mass is 16.5. The molecular formula is C20H29NO. The van der Waals surface area contributed by atoms with E-state index in [9.17, 15) is 0 Å². The largest absolute Gasteiger partial charge is 0.494 e. The van der Waals surface area contributed by atoms with Crippen molar-refractivity contribution >= 4 is 0 Å². The molecule has 0 radical (unpaired) electrons. The van der Waals surface area contributed by atoms with Crippen LogP contribution >= 0.6 is 0 Å². The summed E-state index contributed by atoms with van der Waals surface area (Å²) in [7, 11) is 0. The van der Waals surface area contributed by atoms with Crippen molar-refractivity contribution in [1.82, 2.24) is 4.90 Å². The van der Waals surface area contributed by atoms with Gasteiger partial charge in [0.2, 0.25) is 0 Å². The summed E-state index contributed by atoms with van der Waals surface area (Å²) in [6.07, 6.45) is 6.45. The van der Waals surface area contributed by atoms with Crippen molar-refractivity contribution in [3.8, 4) is 5.75 Å². The molecule has 2 heteroatoms. The van der Waals surface area contributed by atoms with E-state index in [2.05, 4.69) is 6.07 Å². The van der Waals surface area contributed by atoms with Gasteiger partial charge in [0.05, 0.1) is 9.30 Å². The molecule has 1 saturated carbocycles. The standard InChI is InChI=1S/C20H29NO/c1-3-12-22-16-8-7-15-13-19-17-6-4-5-9-20(17,18(15)14-16)10-11-21(19)2/h7-8,14,17,19H,3-6,9-13H2,1-2H3/t17-,19+,20+/m1/s1/i2D3,12D2. The van der Waals surface area contributed by atoms with Crippen LogP contribution in [0.25, 0.3) is 0 Å². The maximum atomic E-state index is 7.99. The Morgan fingerprint density at radius 2 is 2.36 bits per heavy atom. The van der Waals surface area contributed by atoms with Crippen LogP contribution in [-0.2, 0) is 11.8 Å². The van der Waals surface area contributed by atoms with E-state index in [-0.39, 0.29) is 11.5 Å². The zero-order valence-corrected chi connectivity index (χ0v) is 13.4. The molecule has 1 aliphatic heterocycles. The molecule has 1 heterocycles. The van der Waals surface area contributed by atoms with Gasteiger partial charge in [-0.15, -0.1) is 0 Å². The molecule has 2 aliphatic carbocycles. The molecule has 1 saturated heterocycles. The maximum absolute atomic E-state index is 7.99. The van der Waals surface area contributed by atoms with Gasteiger partial charge in [0.1, 0.15) is 5.75 Å². The van der Waals surface area contributed by atoms with Crippen LogP contribution in [0.1, 0.15) is 63.4 Å². The molecule has 0 aromatic heterocycles. The van der Waals surface area contributed by atoms with Gasteiger partial charge in [-0.2, -0.15) is 0 Å². The molecule has 22 heavy (non-hydrogen) atoms. The van der Waals surface area contributed by atoms with E-state index in [4.69, 9.17) is 11.6 Å². The summed E-state index contributed by atoms with van der Waals surface area (Å²) in [5, 5.41) is 0. The lowest BCUT2D eigenvalue weighted by Gasteiger charge is -2.58. The van der Waals surface area contributed by atoms with Crippen LogP contribution in [0.5, 0.6) is 5.75 Å². The predicted molar refractivity (Wildman–Crippen MR) is 90.6 cm³/mol. The molecule has 2 bridgehead atoms. The monoisotopic (exact) mass is 304 g/mol. The van der Waals surface area contributed by atoms with Gasteiger partial charge in [0, 0.05) is 15.6 Å². The second-order valence-corrected chi connectivity index (χ2v) is 7.14. The molecular weight excluding hydrogens is 270 g/mol. The van der Waals surface area contributed by atoms with Crippen molar-refractivity contribution in [3.63, 3.8) is 0 Å². The fourth-order valence-corrected chi connectivity index (χ4v) is 5.20. The van der Waals surface area contributed by atoms with Crippen LogP contribution in [0, 0.1) is 5.92 Å². The third-order valence-electron chi connectivity index (χ3n) is 6.14. The molecule has 2 fully saturated rings. The van der Waals surface area contributed by atoms with E-state index in [0.717, 1.165) is 25.7 Å². The van der Waals surface area contributed by atoms with Crippen LogP contribution in [0.4, 0.5) is 0 Å². The van der Waals surface area contributed by atoms with E-state index >= 15 is 0 Å². The van der Waals surface area contributed by atoms with Gasteiger partial charge in [0.25, 0.3) is 0 Å². The minimum absolute atomic E-state index is 0.0244. The number of rotatable bonds is 3. The average Bonchev–Trinajstić information content (AvgIpc) is 2.61. The van der Waals surface area contributed by atoms with E-state index in [1.165, 1.54) is 24.0 Å². The smallest absolute Gasteiger partial charge is 0.119 e. The molecule has 0 unspecified atom stereocenters. The summed E-state index contributed by atoms with van der Waals surface area (Å²) in [6, 6.07) is 6.02. The molecule has 0 N–H and O–H groups in total. The van der Waals surface area contributed by atoms with Crippen LogP contribution < -0.4 is 4.74 Å². The second kappa shape index (κ2) is 5.56. The summed E-state index contributed by atoms with van der Waals surface area (Å²) in [4.78, 5) is 1.77. The Hall–Kier alpha value is -1.02. The van der Waals surface area contributed by atoms with Crippen LogP contribution in [0.2, 0.25) is 0 Å². The van der Waals surface area contributed by atoms with Crippen LogP contribution in [0.3, 0.4) is 0 Å². The number of fused-ring (bicyclic) bond motifs is 1. The van der Waals surface area contributed by atoms with Gasteiger partial charge >= 0.3 is 0 Å². The summed E-state index contributed by atoms with van der Waals surface area (Å²) < 4.78 is 45.5. The zero-order valence-electron chi connectivity index (χ0n) is 18.4.